The van der Waals surface area contributed by atoms with Gasteiger partial charge in [-0.15, -0.1) is 0 Å². The maximum absolute atomic E-state index is 4.66. The SMILES string of the molecule is CCNC(c1nccn1CC)C(C)(C)N1CCCCCC1. The number of nitrogens with zero attached hydrogens (tertiary/aromatic N) is 3. The predicted molar refractivity (Wildman–Crippen MR) is 88.4 cm³/mol. The van der Waals surface area contributed by atoms with Crippen molar-refractivity contribution in [3.63, 3.8) is 0 Å². The van der Waals surface area contributed by atoms with Gasteiger partial charge in [0.1, 0.15) is 5.82 Å². The van der Waals surface area contributed by atoms with Crippen molar-refractivity contribution in [1.82, 2.24) is 19.8 Å². The van der Waals surface area contributed by atoms with Gasteiger partial charge in [-0.2, -0.15) is 0 Å². The van der Waals surface area contributed by atoms with E-state index in [1.165, 1.54) is 44.6 Å². The summed E-state index contributed by atoms with van der Waals surface area (Å²) in [5.74, 6) is 1.17. The third kappa shape index (κ3) is 3.67. The molecule has 1 fully saturated rings. The lowest BCUT2D eigenvalue weighted by atomic mass is 9.90. The van der Waals surface area contributed by atoms with Crippen molar-refractivity contribution < 1.29 is 0 Å². The van der Waals surface area contributed by atoms with Crippen LogP contribution in [-0.4, -0.2) is 39.6 Å². The average Bonchev–Trinajstić information content (AvgIpc) is 2.75. The molecular weight excluding hydrogens is 260 g/mol. The van der Waals surface area contributed by atoms with E-state index >= 15 is 0 Å². The lowest BCUT2D eigenvalue weighted by Gasteiger charge is -2.44. The van der Waals surface area contributed by atoms with Crippen molar-refractivity contribution >= 4 is 0 Å². The number of nitrogens with one attached hydrogen (secondary N) is 1. The van der Waals surface area contributed by atoms with Crippen molar-refractivity contribution in [3.8, 4) is 0 Å². The van der Waals surface area contributed by atoms with Gasteiger partial charge in [-0.3, -0.25) is 4.90 Å². The molecule has 120 valence electrons. The van der Waals surface area contributed by atoms with Crippen LogP contribution >= 0.6 is 0 Å². The van der Waals surface area contributed by atoms with Gasteiger partial charge in [0.25, 0.3) is 0 Å². The van der Waals surface area contributed by atoms with Crippen LogP contribution in [0.4, 0.5) is 0 Å². The van der Waals surface area contributed by atoms with Gasteiger partial charge in [0.2, 0.25) is 0 Å². The summed E-state index contributed by atoms with van der Waals surface area (Å²) in [4.78, 5) is 7.33. The zero-order chi connectivity index (χ0) is 15.3. The fourth-order valence-electron chi connectivity index (χ4n) is 3.54. The van der Waals surface area contributed by atoms with Crippen molar-refractivity contribution in [2.45, 2.75) is 71.5 Å². The maximum atomic E-state index is 4.66. The van der Waals surface area contributed by atoms with Crippen molar-refractivity contribution in [2.75, 3.05) is 19.6 Å². The Morgan fingerprint density at radius 1 is 1.19 bits per heavy atom. The van der Waals surface area contributed by atoms with Gasteiger partial charge < -0.3 is 9.88 Å². The highest BCUT2D eigenvalue weighted by molar-refractivity contribution is 5.08. The number of aryl methyl sites for hydroxylation is 1. The molecule has 0 bridgehead atoms. The van der Waals surface area contributed by atoms with E-state index in [-0.39, 0.29) is 11.6 Å². The molecule has 21 heavy (non-hydrogen) atoms. The number of likely N-dealkylation sites (N-methyl/N-ethyl adjacent to an activating group) is 1. The maximum Gasteiger partial charge on any atom is 0.127 e. The van der Waals surface area contributed by atoms with E-state index in [1.54, 1.807) is 0 Å². The van der Waals surface area contributed by atoms with Crippen LogP contribution < -0.4 is 5.32 Å². The Morgan fingerprint density at radius 3 is 2.43 bits per heavy atom. The molecule has 0 aliphatic carbocycles. The first kappa shape index (κ1) is 16.5. The molecule has 1 unspecified atom stereocenters. The molecular formula is C17H32N4. The molecule has 1 aliphatic rings. The lowest BCUT2D eigenvalue weighted by Crippen LogP contribution is -2.53. The molecule has 2 rings (SSSR count). The van der Waals surface area contributed by atoms with Gasteiger partial charge in [0.05, 0.1) is 6.04 Å². The van der Waals surface area contributed by atoms with E-state index in [1.807, 2.05) is 6.20 Å². The van der Waals surface area contributed by atoms with Crippen LogP contribution in [0.15, 0.2) is 12.4 Å². The molecule has 0 saturated carbocycles. The third-order valence-electron chi connectivity index (χ3n) is 4.88. The third-order valence-corrected chi connectivity index (χ3v) is 4.88. The standard InChI is InChI=1S/C17H32N4/c1-5-18-15(16-19-11-14-20(16)6-2)17(3,4)21-12-9-7-8-10-13-21/h11,14-15,18H,5-10,12-13H2,1-4H3. The molecule has 4 heteroatoms. The summed E-state index contributed by atoms with van der Waals surface area (Å²) in [5, 5.41) is 3.69. The molecule has 2 heterocycles. The second-order valence-electron chi connectivity index (χ2n) is 6.62. The number of rotatable bonds is 6. The van der Waals surface area contributed by atoms with Crippen LogP contribution in [-0.2, 0) is 6.54 Å². The quantitative estimate of drug-likeness (QED) is 0.874. The highest BCUT2D eigenvalue weighted by Gasteiger charge is 2.38. The minimum absolute atomic E-state index is 0.0820. The molecule has 0 aromatic carbocycles. The van der Waals surface area contributed by atoms with Gasteiger partial charge in [0.15, 0.2) is 0 Å². The summed E-state index contributed by atoms with van der Waals surface area (Å²) in [5.41, 5.74) is 0.0820. The Hall–Kier alpha value is -0.870. The number of likely N-dealkylation sites (tertiary alicyclic amines) is 1. The molecule has 1 N–H and O–H groups in total. The number of imidazole rings is 1. The Morgan fingerprint density at radius 2 is 1.86 bits per heavy atom. The van der Waals surface area contributed by atoms with Crippen LogP contribution in [0.5, 0.6) is 0 Å². The first-order chi connectivity index (χ1) is 10.1. The summed E-state index contributed by atoms with van der Waals surface area (Å²) in [7, 11) is 0. The van der Waals surface area contributed by atoms with E-state index in [0.717, 1.165) is 13.1 Å². The van der Waals surface area contributed by atoms with Gasteiger partial charge in [0, 0.05) is 24.5 Å². The van der Waals surface area contributed by atoms with Crippen molar-refractivity contribution in [1.29, 1.82) is 0 Å². The first-order valence-electron chi connectivity index (χ1n) is 8.60. The van der Waals surface area contributed by atoms with Crippen LogP contribution in [0.1, 0.15) is 65.2 Å². The van der Waals surface area contributed by atoms with Gasteiger partial charge in [-0.1, -0.05) is 19.8 Å². The smallest absolute Gasteiger partial charge is 0.127 e. The Balaban J connectivity index is 2.26. The minimum atomic E-state index is 0.0820. The Labute approximate surface area is 129 Å². The summed E-state index contributed by atoms with van der Waals surface area (Å²) in [6.45, 7) is 13.5. The van der Waals surface area contributed by atoms with Crippen LogP contribution in [0.3, 0.4) is 0 Å². The lowest BCUT2D eigenvalue weighted by molar-refractivity contribution is 0.0793. The van der Waals surface area contributed by atoms with Crippen LogP contribution in [0.25, 0.3) is 0 Å². The van der Waals surface area contributed by atoms with E-state index in [9.17, 15) is 0 Å². The average molecular weight is 292 g/mol. The molecule has 0 radical (unpaired) electrons. The number of hydrogen-bond acceptors (Lipinski definition) is 3. The molecule has 1 saturated heterocycles. The topological polar surface area (TPSA) is 33.1 Å². The van der Waals surface area contributed by atoms with Crippen LogP contribution in [0.2, 0.25) is 0 Å². The minimum Gasteiger partial charge on any atom is -0.334 e. The highest BCUT2D eigenvalue weighted by Crippen LogP contribution is 2.32. The Bertz CT molecular complexity index is 416. The second-order valence-corrected chi connectivity index (χ2v) is 6.62. The molecule has 4 nitrogen and oxygen atoms in total. The fourth-order valence-corrected chi connectivity index (χ4v) is 3.54. The fraction of sp³-hybridized carbons (Fsp3) is 0.824. The molecule has 1 aliphatic heterocycles. The monoisotopic (exact) mass is 292 g/mol. The summed E-state index contributed by atoms with van der Waals surface area (Å²) in [6, 6.07) is 0.274. The highest BCUT2D eigenvalue weighted by atomic mass is 15.2. The summed E-state index contributed by atoms with van der Waals surface area (Å²) < 4.78 is 2.27. The van der Waals surface area contributed by atoms with Crippen molar-refractivity contribution in [2.24, 2.45) is 0 Å². The van der Waals surface area contributed by atoms with Gasteiger partial charge in [-0.05, 0) is 53.2 Å². The Kier molecular flexibility index (Phi) is 5.82. The van der Waals surface area contributed by atoms with Crippen molar-refractivity contribution in [3.05, 3.63) is 18.2 Å². The van der Waals surface area contributed by atoms with Gasteiger partial charge in [-0.25, -0.2) is 4.98 Å². The molecule has 0 spiro atoms. The second kappa shape index (κ2) is 7.41. The zero-order valence-electron chi connectivity index (χ0n) is 14.2. The number of aromatic nitrogens is 2. The first-order valence-corrected chi connectivity index (χ1v) is 8.60. The van der Waals surface area contributed by atoms with E-state index in [4.69, 9.17) is 0 Å². The van der Waals surface area contributed by atoms with Gasteiger partial charge >= 0.3 is 0 Å². The molecule has 1 atom stereocenters. The molecule has 1 aromatic heterocycles. The normalized spacial score (nSPS) is 19.4. The molecule has 0 amide bonds. The van der Waals surface area contributed by atoms with E-state index in [0.29, 0.717) is 0 Å². The predicted octanol–water partition coefficient (Wildman–Crippen LogP) is 3.21. The summed E-state index contributed by atoms with van der Waals surface area (Å²) >= 11 is 0. The zero-order valence-corrected chi connectivity index (χ0v) is 14.2. The van der Waals surface area contributed by atoms with Crippen LogP contribution in [0, 0.1) is 0 Å². The summed E-state index contributed by atoms with van der Waals surface area (Å²) in [6.07, 6.45) is 9.43. The van der Waals surface area contributed by atoms with E-state index < -0.39 is 0 Å². The van der Waals surface area contributed by atoms with E-state index in [2.05, 4.69) is 53.7 Å². The number of hydrogen-bond donors (Lipinski definition) is 1. The molecule has 1 aromatic rings. The largest absolute Gasteiger partial charge is 0.334 e.